The van der Waals surface area contributed by atoms with Gasteiger partial charge in [-0.15, -0.1) is 11.3 Å². The summed E-state index contributed by atoms with van der Waals surface area (Å²) in [6.45, 7) is 5.09. The normalized spacial score (nSPS) is 15.4. The van der Waals surface area contributed by atoms with Crippen molar-refractivity contribution < 1.29 is 4.79 Å². The Morgan fingerprint density at radius 3 is 2.74 bits per heavy atom. The number of halogens is 1. The second kappa shape index (κ2) is 9.19. The summed E-state index contributed by atoms with van der Waals surface area (Å²) in [6, 6.07) is 7.63. The maximum absolute atomic E-state index is 12.6. The van der Waals surface area contributed by atoms with Gasteiger partial charge in [-0.05, 0) is 24.1 Å². The standard InChI is InChI=1S/C19H24ClN5OS/c1-3-16-10-22-17(27-16)11-23-19(21-2)25-9-8-24(18(26)13-25)12-14-4-6-15(20)7-5-14/h4-7,10H,3,8-9,11-13H2,1-2H3,(H,21,23). The lowest BCUT2D eigenvalue weighted by molar-refractivity contribution is -0.135. The van der Waals surface area contributed by atoms with Crippen LogP contribution in [0.5, 0.6) is 0 Å². The number of carbonyl (C=O) groups excluding carboxylic acids is 1. The molecule has 0 saturated carbocycles. The van der Waals surface area contributed by atoms with Crippen LogP contribution in [0.25, 0.3) is 0 Å². The fourth-order valence-corrected chi connectivity index (χ4v) is 3.87. The lowest BCUT2D eigenvalue weighted by atomic mass is 10.2. The first-order valence-electron chi connectivity index (χ1n) is 9.00. The van der Waals surface area contributed by atoms with Gasteiger partial charge in [-0.1, -0.05) is 30.7 Å². The highest BCUT2D eigenvalue weighted by Crippen LogP contribution is 2.15. The van der Waals surface area contributed by atoms with Crippen LogP contribution in [0.2, 0.25) is 5.02 Å². The Labute approximate surface area is 168 Å². The zero-order chi connectivity index (χ0) is 19.2. The molecular formula is C19H24ClN5OS. The van der Waals surface area contributed by atoms with Gasteiger partial charge in [-0.3, -0.25) is 9.79 Å². The molecule has 2 heterocycles. The van der Waals surface area contributed by atoms with Gasteiger partial charge in [0.2, 0.25) is 5.91 Å². The molecule has 1 aromatic carbocycles. The van der Waals surface area contributed by atoms with Crippen LogP contribution in [0.4, 0.5) is 0 Å². The van der Waals surface area contributed by atoms with Crippen molar-refractivity contribution in [2.24, 2.45) is 4.99 Å². The minimum Gasteiger partial charge on any atom is -0.350 e. The van der Waals surface area contributed by atoms with Crippen molar-refractivity contribution in [3.8, 4) is 0 Å². The smallest absolute Gasteiger partial charge is 0.242 e. The number of amides is 1. The number of aromatic nitrogens is 1. The topological polar surface area (TPSA) is 60.8 Å². The molecule has 0 atom stereocenters. The van der Waals surface area contributed by atoms with Gasteiger partial charge < -0.3 is 15.1 Å². The van der Waals surface area contributed by atoms with E-state index in [4.69, 9.17) is 11.6 Å². The first-order valence-corrected chi connectivity index (χ1v) is 10.2. The van der Waals surface area contributed by atoms with Crippen LogP contribution < -0.4 is 5.32 Å². The Morgan fingerprint density at radius 2 is 2.11 bits per heavy atom. The van der Waals surface area contributed by atoms with E-state index in [1.165, 1.54) is 4.88 Å². The van der Waals surface area contributed by atoms with Crippen LogP contribution in [-0.2, 0) is 24.3 Å². The summed E-state index contributed by atoms with van der Waals surface area (Å²) in [7, 11) is 1.74. The summed E-state index contributed by atoms with van der Waals surface area (Å²) in [4.78, 5) is 26.5. The quantitative estimate of drug-likeness (QED) is 0.613. The number of benzene rings is 1. The summed E-state index contributed by atoms with van der Waals surface area (Å²) >= 11 is 7.63. The van der Waals surface area contributed by atoms with Crippen LogP contribution in [0.15, 0.2) is 35.5 Å². The first kappa shape index (κ1) is 19.6. The van der Waals surface area contributed by atoms with Gasteiger partial charge in [-0.2, -0.15) is 0 Å². The minimum atomic E-state index is 0.0988. The molecule has 1 aliphatic rings. The number of guanidine groups is 1. The predicted molar refractivity (Wildman–Crippen MR) is 110 cm³/mol. The van der Waals surface area contributed by atoms with Crippen molar-refractivity contribution >= 4 is 34.8 Å². The van der Waals surface area contributed by atoms with E-state index >= 15 is 0 Å². The highest BCUT2D eigenvalue weighted by atomic mass is 35.5. The Bertz CT molecular complexity index is 805. The molecule has 3 rings (SSSR count). The second-order valence-corrected chi connectivity index (χ2v) is 7.97. The molecule has 6 nitrogen and oxygen atoms in total. The zero-order valence-electron chi connectivity index (χ0n) is 15.6. The van der Waals surface area contributed by atoms with Gasteiger partial charge in [0.25, 0.3) is 0 Å². The van der Waals surface area contributed by atoms with Crippen molar-refractivity contribution in [1.82, 2.24) is 20.1 Å². The lowest BCUT2D eigenvalue weighted by Gasteiger charge is -2.36. The summed E-state index contributed by atoms with van der Waals surface area (Å²) in [5.41, 5.74) is 1.08. The third-order valence-corrected chi connectivity index (χ3v) is 5.86. The molecule has 0 spiro atoms. The lowest BCUT2D eigenvalue weighted by Crippen LogP contribution is -2.54. The second-order valence-electron chi connectivity index (χ2n) is 6.34. The van der Waals surface area contributed by atoms with Gasteiger partial charge in [-0.25, -0.2) is 4.98 Å². The molecule has 2 aromatic rings. The molecule has 0 bridgehead atoms. The maximum Gasteiger partial charge on any atom is 0.242 e. The average Bonchev–Trinajstić information content (AvgIpc) is 3.14. The number of thiazole rings is 1. The largest absolute Gasteiger partial charge is 0.350 e. The molecular weight excluding hydrogens is 382 g/mol. The molecule has 1 aliphatic heterocycles. The van der Waals surface area contributed by atoms with Gasteiger partial charge >= 0.3 is 0 Å². The molecule has 1 fully saturated rings. The molecule has 0 unspecified atom stereocenters. The number of aryl methyl sites for hydroxylation is 1. The van der Waals surface area contributed by atoms with Gasteiger partial charge in [0.05, 0.1) is 13.1 Å². The van der Waals surface area contributed by atoms with E-state index in [1.807, 2.05) is 40.3 Å². The summed E-state index contributed by atoms with van der Waals surface area (Å²) in [5, 5.41) is 5.06. The SMILES string of the molecule is CCc1cnc(CNC(=NC)N2CCN(Cc3ccc(Cl)cc3)C(=O)C2)s1. The Hall–Kier alpha value is -2.12. The van der Waals surface area contributed by atoms with Crippen LogP contribution in [0.1, 0.15) is 22.4 Å². The highest BCUT2D eigenvalue weighted by Gasteiger charge is 2.26. The number of hydrogen-bond acceptors (Lipinski definition) is 4. The number of carbonyl (C=O) groups is 1. The Kier molecular flexibility index (Phi) is 6.68. The van der Waals surface area contributed by atoms with Gasteiger partial charge in [0, 0.05) is 42.8 Å². The average molecular weight is 406 g/mol. The van der Waals surface area contributed by atoms with E-state index in [0.717, 1.165) is 29.5 Å². The maximum atomic E-state index is 12.6. The minimum absolute atomic E-state index is 0.0988. The van der Waals surface area contributed by atoms with Crippen LogP contribution in [0, 0.1) is 0 Å². The van der Waals surface area contributed by atoms with E-state index in [9.17, 15) is 4.79 Å². The number of aliphatic imine (C=N–C) groups is 1. The Morgan fingerprint density at radius 1 is 1.33 bits per heavy atom. The summed E-state index contributed by atoms with van der Waals surface area (Å²) in [5.74, 6) is 0.837. The van der Waals surface area contributed by atoms with Crippen molar-refractivity contribution in [3.63, 3.8) is 0 Å². The van der Waals surface area contributed by atoms with Crippen LogP contribution in [0.3, 0.4) is 0 Å². The van der Waals surface area contributed by atoms with Crippen LogP contribution in [-0.4, -0.2) is 53.3 Å². The van der Waals surface area contributed by atoms with E-state index in [2.05, 4.69) is 22.2 Å². The van der Waals surface area contributed by atoms with E-state index < -0.39 is 0 Å². The molecule has 144 valence electrons. The van der Waals surface area contributed by atoms with Crippen molar-refractivity contribution in [3.05, 3.63) is 50.9 Å². The van der Waals surface area contributed by atoms with E-state index in [0.29, 0.717) is 31.2 Å². The Balaban J connectivity index is 1.53. The molecule has 1 N–H and O–H groups in total. The zero-order valence-corrected chi connectivity index (χ0v) is 17.2. The molecule has 0 radical (unpaired) electrons. The fraction of sp³-hybridized carbons (Fsp3) is 0.421. The van der Waals surface area contributed by atoms with Crippen molar-refractivity contribution in [1.29, 1.82) is 0 Å². The molecule has 27 heavy (non-hydrogen) atoms. The highest BCUT2D eigenvalue weighted by molar-refractivity contribution is 7.11. The number of rotatable bonds is 5. The summed E-state index contributed by atoms with van der Waals surface area (Å²) in [6.07, 6.45) is 2.92. The number of piperazine rings is 1. The molecule has 1 saturated heterocycles. The predicted octanol–water partition coefficient (Wildman–Crippen LogP) is 2.78. The first-order chi connectivity index (χ1) is 13.1. The van der Waals surface area contributed by atoms with Crippen molar-refractivity contribution in [2.75, 3.05) is 26.7 Å². The van der Waals surface area contributed by atoms with E-state index in [1.54, 1.807) is 18.4 Å². The third kappa shape index (κ3) is 5.20. The number of hydrogen-bond donors (Lipinski definition) is 1. The molecule has 0 aliphatic carbocycles. The van der Waals surface area contributed by atoms with Crippen molar-refractivity contribution in [2.45, 2.75) is 26.4 Å². The van der Waals surface area contributed by atoms with E-state index in [-0.39, 0.29) is 5.91 Å². The molecule has 1 aromatic heterocycles. The monoisotopic (exact) mass is 405 g/mol. The molecule has 1 amide bonds. The number of nitrogens with one attached hydrogen (secondary N) is 1. The van der Waals surface area contributed by atoms with Crippen LogP contribution >= 0.6 is 22.9 Å². The van der Waals surface area contributed by atoms with Gasteiger partial charge in [0.15, 0.2) is 5.96 Å². The fourth-order valence-electron chi connectivity index (χ4n) is 2.95. The third-order valence-electron chi connectivity index (χ3n) is 4.46. The van der Waals surface area contributed by atoms with Gasteiger partial charge in [0.1, 0.15) is 5.01 Å². The molecule has 8 heteroatoms. The summed E-state index contributed by atoms with van der Waals surface area (Å²) < 4.78 is 0. The number of nitrogens with zero attached hydrogens (tertiary/aromatic N) is 4.